The van der Waals surface area contributed by atoms with Crippen LogP contribution in [-0.2, 0) is 4.79 Å². The lowest BCUT2D eigenvalue weighted by atomic mass is 10.2. The van der Waals surface area contributed by atoms with E-state index >= 15 is 0 Å². The number of carbonyl (C=O) groups excluding carboxylic acids is 2. The van der Waals surface area contributed by atoms with Crippen LogP contribution in [0.5, 0.6) is 0 Å². The molecule has 2 heterocycles. The monoisotopic (exact) mass is 369 g/mol. The van der Waals surface area contributed by atoms with Crippen molar-refractivity contribution in [2.75, 3.05) is 28.6 Å². The van der Waals surface area contributed by atoms with Crippen molar-refractivity contribution >= 4 is 39.5 Å². The predicted octanol–water partition coefficient (Wildman–Crippen LogP) is 4.26. The molecular formula is C20H23N3O2S. The molecule has 2 fully saturated rings. The third-order valence-corrected chi connectivity index (χ3v) is 6.07. The van der Waals surface area contributed by atoms with Crippen LogP contribution in [0.15, 0.2) is 30.3 Å². The Bertz CT molecular complexity index is 835. The van der Waals surface area contributed by atoms with Gasteiger partial charge in [-0.05, 0) is 56.4 Å². The summed E-state index contributed by atoms with van der Waals surface area (Å²) >= 11 is 1.34. The molecule has 1 saturated carbocycles. The first kappa shape index (κ1) is 17.1. The molecule has 6 heteroatoms. The Morgan fingerprint density at radius 2 is 1.85 bits per heavy atom. The number of para-hydroxylation sites is 2. The maximum Gasteiger partial charge on any atom is 0.266 e. The highest BCUT2D eigenvalue weighted by atomic mass is 32.1. The minimum Gasteiger partial charge on any atom is -0.370 e. The molecule has 26 heavy (non-hydrogen) atoms. The van der Waals surface area contributed by atoms with Gasteiger partial charge in [-0.2, -0.15) is 0 Å². The van der Waals surface area contributed by atoms with E-state index in [9.17, 15) is 9.59 Å². The third-order valence-electron chi connectivity index (χ3n) is 4.92. The van der Waals surface area contributed by atoms with E-state index in [0.717, 1.165) is 47.9 Å². The van der Waals surface area contributed by atoms with Crippen LogP contribution in [0, 0.1) is 12.8 Å². The van der Waals surface area contributed by atoms with Crippen molar-refractivity contribution < 1.29 is 9.59 Å². The van der Waals surface area contributed by atoms with Crippen LogP contribution < -0.4 is 15.5 Å². The second-order valence-corrected chi connectivity index (χ2v) is 8.10. The van der Waals surface area contributed by atoms with Gasteiger partial charge in [0.05, 0.1) is 21.3 Å². The van der Waals surface area contributed by atoms with E-state index in [1.807, 2.05) is 31.2 Å². The number of rotatable bonds is 5. The fourth-order valence-electron chi connectivity index (χ4n) is 3.33. The lowest BCUT2D eigenvalue weighted by molar-refractivity contribution is -0.117. The molecule has 136 valence electrons. The summed E-state index contributed by atoms with van der Waals surface area (Å²) in [6.45, 7) is 3.97. The first-order valence-corrected chi connectivity index (χ1v) is 10.00. The minimum absolute atomic E-state index is 0.0672. The highest BCUT2D eigenvalue weighted by Gasteiger charge is 2.30. The van der Waals surface area contributed by atoms with Crippen molar-refractivity contribution in [1.82, 2.24) is 0 Å². The number of thiophene rings is 1. The quantitative estimate of drug-likeness (QED) is 0.828. The van der Waals surface area contributed by atoms with Gasteiger partial charge in [-0.1, -0.05) is 12.1 Å². The van der Waals surface area contributed by atoms with Crippen molar-refractivity contribution in [2.45, 2.75) is 32.6 Å². The normalized spacial score (nSPS) is 16.6. The number of nitrogens with one attached hydrogen (secondary N) is 2. The summed E-state index contributed by atoms with van der Waals surface area (Å²) in [7, 11) is 0. The molecule has 5 nitrogen and oxygen atoms in total. The van der Waals surface area contributed by atoms with Crippen molar-refractivity contribution in [3.8, 4) is 0 Å². The molecule has 0 unspecified atom stereocenters. The van der Waals surface area contributed by atoms with Crippen molar-refractivity contribution in [3.05, 3.63) is 40.8 Å². The van der Waals surface area contributed by atoms with Crippen molar-refractivity contribution in [1.29, 1.82) is 0 Å². The predicted molar refractivity (Wildman–Crippen MR) is 106 cm³/mol. The zero-order valence-electron chi connectivity index (χ0n) is 14.9. The van der Waals surface area contributed by atoms with Crippen LogP contribution in [0.1, 0.15) is 40.9 Å². The second-order valence-electron chi connectivity index (χ2n) is 7.05. The van der Waals surface area contributed by atoms with E-state index < -0.39 is 0 Å². The maximum absolute atomic E-state index is 12.8. The van der Waals surface area contributed by atoms with E-state index in [4.69, 9.17) is 0 Å². The van der Waals surface area contributed by atoms with Gasteiger partial charge in [0.15, 0.2) is 0 Å². The number of hydrogen-bond acceptors (Lipinski definition) is 4. The average molecular weight is 369 g/mol. The largest absolute Gasteiger partial charge is 0.370 e. The van der Waals surface area contributed by atoms with Crippen molar-refractivity contribution in [3.63, 3.8) is 0 Å². The van der Waals surface area contributed by atoms with Gasteiger partial charge in [0, 0.05) is 19.0 Å². The van der Waals surface area contributed by atoms with Crippen LogP contribution in [0.3, 0.4) is 0 Å². The third kappa shape index (κ3) is 3.60. The molecule has 0 bridgehead atoms. The Morgan fingerprint density at radius 3 is 2.58 bits per heavy atom. The number of hydrogen-bond donors (Lipinski definition) is 2. The Morgan fingerprint density at radius 1 is 1.12 bits per heavy atom. The molecule has 4 rings (SSSR count). The lowest BCUT2D eigenvalue weighted by Crippen LogP contribution is -2.21. The Labute approximate surface area is 157 Å². The molecule has 1 saturated heterocycles. The fourth-order valence-corrected chi connectivity index (χ4v) is 4.30. The van der Waals surface area contributed by atoms with Gasteiger partial charge >= 0.3 is 0 Å². The van der Waals surface area contributed by atoms with Crippen LogP contribution in [0.4, 0.5) is 16.4 Å². The van der Waals surface area contributed by atoms with Crippen LogP contribution in [-0.4, -0.2) is 24.9 Å². The van der Waals surface area contributed by atoms with Gasteiger partial charge in [0.2, 0.25) is 5.91 Å². The van der Waals surface area contributed by atoms with E-state index in [2.05, 4.69) is 21.6 Å². The summed E-state index contributed by atoms with van der Waals surface area (Å²) in [6.07, 6.45) is 4.32. The Kier molecular flexibility index (Phi) is 4.68. The number of anilines is 3. The van der Waals surface area contributed by atoms with E-state index in [1.54, 1.807) is 0 Å². The summed E-state index contributed by atoms with van der Waals surface area (Å²) in [5.74, 6) is 0.102. The zero-order valence-corrected chi connectivity index (χ0v) is 15.7. The number of amides is 2. The second kappa shape index (κ2) is 7.11. The van der Waals surface area contributed by atoms with Gasteiger partial charge < -0.3 is 15.5 Å². The molecule has 2 aliphatic rings. The minimum atomic E-state index is -0.119. The van der Waals surface area contributed by atoms with Gasteiger partial charge in [0.25, 0.3) is 5.91 Å². The molecule has 0 radical (unpaired) electrons. The van der Waals surface area contributed by atoms with E-state index in [1.165, 1.54) is 24.2 Å². The number of benzene rings is 1. The van der Waals surface area contributed by atoms with Crippen LogP contribution in [0.25, 0.3) is 0 Å². The molecule has 1 aliphatic heterocycles. The molecule has 0 spiro atoms. The molecule has 1 aliphatic carbocycles. The molecule has 1 aromatic heterocycles. The van der Waals surface area contributed by atoms with Crippen LogP contribution in [0.2, 0.25) is 0 Å². The molecule has 2 N–H and O–H groups in total. The highest BCUT2D eigenvalue weighted by molar-refractivity contribution is 7.18. The topological polar surface area (TPSA) is 61.4 Å². The number of nitrogens with zero attached hydrogens (tertiary/aromatic N) is 1. The molecule has 0 atom stereocenters. The SMILES string of the molecule is Cc1cc(NC(=O)C2CC2)sc1C(=O)Nc1ccccc1N1CCCC1. The van der Waals surface area contributed by atoms with Gasteiger partial charge in [-0.25, -0.2) is 0 Å². The smallest absolute Gasteiger partial charge is 0.266 e. The standard InChI is InChI=1S/C20H23N3O2S/c1-13-12-17(22-19(24)14-8-9-14)26-18(13)20(25)21-15-6-2-3-7-16(15)23-10-4-5-11-23/h2-3,6-7,12,14H,4-5,8-11H2,1H3,(H,21,25)(H,22,24). The number of aryl methyl sites for hydroxylation is 1. The van der Waals surface area contributed by atoms with Gasteiger partial charge in [-0.3, -0.25) is 9.59 Å². The molecule has 2 amide bonds. The van der Waals surface area contributed by atoms with Gasteiger partial charge in [-0.15, -0.1) is 11.3 Å². The molecule has 1 aromatic carbocycles. The summed E-state index contributed by atoms with van der Waals surface area (Å²) in [6, 6.07) is 9.84. The lowest BCUT2D eigenvalue weighted by Gasteiger charge is -2.21. The van der Waals surface area contributed by atoms with E-state index in [-0.39, 0.29) is 17.7 Å². The molecular weight excluding hydrogens is 346 g/mol. The first-order valence-electron chi connectivity index (χ1n) is 9.18. The summed E-state index contributed by atoms with van der Waals surface area (Å²) in [4.78, 5) is 27.7. The Balaban J connectivity index is 1.50. The fraction of sp³-hybridized carbons (Fsp3) is 0.400. The van der Waals surface area contributed by atoms with Crippen LogP contribution >= 0.6 is 11.3 Å². The maximum atomic E-state index is 12.8. The van der Waals surface area contributed by atoms with E-state index in [0.29, 0.717) is 4.88 Å². The Hall–Kier alpha value is -2.34. The summed E-state index contributed by atoms with van der Waals surface area (Å²) in [5, 5.41) is 6.74. The molecule has 2 aromatic rings. The van der Waals surface area contributed by atoms with Crippen molar-refractivity contribution in [2.24, 2.45) is 5.92 Å². The summed E-state index contributed by atoms with van der Waals surface area (Å²) < 4.78 is 0. The van der Waals surface area contributed by atoms with Gasteiger partial charge in [0.1, 0.15) is 0 Å². The summed E-state index contributed by atoms with van der Waals surface area (Å²) in [5.41, 5.74) is 2.81. The number of carbonyl (C=O) groups is 2. The zero-order chi connectivity index (χ0) is 18.1. The average Bonchev–Trinajstić information content (AvgIpc) is 3.22. The highest BCUT2D eigenvalue weighted by Crippen LogP contribution is 2.34. The first-order chi connectivity index (χ1) is 12.6.